The van der Waals surface area contributed by atoms with E-state index in [0.717, 1.165) is 5.56 Å². The van der Waals surface area contributed by atoms with Gasteiger partial charge in [-0.3, -0.25) is 4.79 Å². The third kappa shape index (κ3) is 4.54. The number of phenols is 1. The third-order valence-electron chi connectivity index (χ3n) is 4.51. The number of benzene rings is 2. The first-order valence-corrected chi connectivity index (χ1v) is 9.91. The van der Waals surface area contributed by atoms with Crippen LogP contribution in [-0.4, -0.2) is 23.7 Å². The number of rotatable bonds is 5. The van der Waals surface area contributed by atoms with Crippen LogP contribution in [0.25, 0.3) is 0 Å². The van der Waals surface area contributed by atoms with Crippen LogP contribution in [0.1, 0.15) is 31.0 Å². The second-order valence-corrected chi connectivity index (χ2v) is 7.53. The third-order valence-corrected chi connectivity index (χ3v) is 5.11. The normalized spacial score (nSPS) is 16.1. The van der Waals surface area contributed by atoms with Gasteiger partial charge in [-0.05, 0) is 66.5 Å². The number of anilines is 1. The number of urea groups is 1. The number of ether oxygens (including phenoxy) is 1. The summed E-state index contributed by atoms with van der Waals surface area (Å²) < 4.78 is 5.89. The summed E-state index contributed by atoms with van der Waals surface area (Å²) in [6, 6.07) is 9.58. The molecule has 0 aromatic heterocycles. The van der Waals surface area contributed by atoms with Crippen molar-refractivity contribution in [2.75, 3.05) is 11.9 Å². The number of aromatic hydroxyl groups is 1. The average Bonchev–Trinajstić information content (AvgIpc) is 2.66. The summed E-state index contributed by atoms with van der Waals surface area (Å²) in [4.78, 5) is 25.2. The van der Waals surface area contributed by atoms with Crippen LogP contribution < -0.4 is 20.7 Å². The van der Waals surface area contributed by atoms with E-state index in [9.17, 15) is 14.7 Å². The fourth-order valence-corrected chi connectivity index (χ4v) is 3.57. The maximum absolute atomic E-state index is 13.1. The van der Waals surface area contributed by atoms with Gasteiger partial charge < -0.3 is 25.8 Å². The maximum atomic E-state index is 13.1. The molecule has 7 nitrogen and oxygen atoms in total. The highest BCUT2D eigenvalue weighted by molar-refractivity contribution is 9.10. The van der Waals surface area contributed by atoms with E-state index < -0.39 is 12.1 Å². The van der Waals surface area contributed by atoms with Gasteiger partial charge in [0.25, 0.3) is 5.91 Å². The summed E-state index contributed by atoms with van der Waals surface area (Å²) in [5.41, 5.74) is 3.15. The van der Waals surface area contributed by atoms with E-state index in [1.807, 2.05) is 31.2 Å². The summed E-state index contributed by atoms with van der Waals surface area (Å²) in [5.74, 6) is -0.117. The van der Waals surface area contributed by atoms with E-state index in [1.54, 1.807) is 26.0 Å². The van der Waals surface area contributed by atoms with Crippen molar-refractivity contribution < 1.29 is 19.4 Å². The highest BCUT2D eigenvalue weighted by Gasteiger charge is 2.32. The van der Waals surface area contributed by atoms with Gasteiger partial charge in [0.2, 0.25) is 0 Å². The lowest BCUT2D eigenvalue weighted by molar-refractivity contribution is -0.113. The van der Waals surface area contributed by atoms with Crippen LogP contribution in [0.3, 0.4) is 0 Å². The van der Waals surface area contributed by atoms with E-state index in [2.05, 4.69) is 31.9 Å². The van der Waals surface area contributed by atoms with E-state index in [-0.39, 0.29) is 17.4 Å². The molecule has 3 amide bonds. The molecule has 0 spiro atoms. The van der Waals surface area contributed by atoms with Gasteiger partial charge in [0.1, 0.15) is 0 Å². The summed E-state index contributed by atoms with van der Waals surface area (Å²) in [6.45, 7) is 5.80. The number of carbonyl (C=O) groups is 2. The van der Waals surface area contributed by atoms with Crippen molar-refractivity contribution in [3.05, 3.63) is 63.3 Å². The van der Waals surface area contributed by atoms with Gasteiger partial charge in [-0.15, -0.1) is 0 Å². The van der Waals surface area contributed by atoms with Crippen LogP contribution in [-0.2, 0) is 4.79 Å². The first-order chi connectivity index (χ1) is 13.8. The molecule has 0 radical (unpaired) electrons. The van der Waals surface area contributed by atoms with Crippen molar-refractivity contribution in [1.29, 1.82) is 0 Å². The number of halogens is 1. The number of carbonyl (C=O) groups excluding carboxylic acids is 2. The van der Waals surface area contributed by atoms with Crippen LogP contribution in [0, 0.1) is 6.92 Å². The van der Waals surface area contributed by atoms with Gasteiger partial charge in [-0.1, -0.05) is 17.7 Å². The SMILES string of the molecule is CCOc1cc(C2NC(=O)NC(C)=C2C(=O)Nc2ccc(C)cc2)cc(Br)c1O. The zero-order chi connectivity index (χ0) is 21.1. The van der Waals surface area contributed by atoms with Crippen molar-refractivity contribution in [3.8, 4) is 11.5 Å². The molecule has 0 bridgehead atoms. The minimum absolute atomic E-state index is 0.0396. The lowest BCUT2D eigenvalue weighted by Crippen LogP contribution is -2.46. The van der Waals surface area contributed by atoms with Crippen molar-refractivity contribution in [3.63, 3.8) is 0 Å². The van der Waals surface area contributed by atoms with Crippen molar-refractivity contribution in [2.24, 2.45) is 0 Å². The standard InChI is InChI=1S/C21H22BrN3O4/c1-4-29-16-10-13(9-15(22)19(16)26)18-17(12(3)23-21(28)25-18)20(27)24-14-7-5-11(2)6-8-14/h5-10,18,26H,4H2,1-3H3,(H,24,27)(H2,23,25,28). The smallest absolute Gasteiger partial charge is 0.319 e. The van der Waals surface area contributed by atoms with Gasteiger partial charge in [0.15, 0.2) is 11.5 Å². The fourth-order valence-electron chi connectivity index (χ4n) is 3.11. The summed E-state index contributed by atoms with van der Waals surface area (Å²) >= 11 is 3.31. The average molecular weight is 460 g/mol. The lowest BCUT2D eigenvalue weighted by atomic mass is 9.94. The molecule has 1 atom stereocenters. The molecule has 4 N–H and O–H groups in total. The van der Waals surface area contributed by atoms with Crippen LogP contribution in [0.5, 0.6) is 11.5 Å². The molecule has 1 aliphatic heterocycles. The van der Waals surface area contributed by atoms with Crippen LogP contribution in [0.4, 0.5) is 10.5 Å². The molecule has 3 rings (SSSR count). The Labute approximate surface area is 177 Å². The van der Waals surface area contributed by atoms with Gasteiger partial charge >= 0.3 is 6.03 Å². The van der Waals surface area contributed by atoms with Crippen molar-refractivity contribution in [1.82, 2.24) is 10.6 Å². The van der Waals surface area contributed by atoms with Gasteiger partial charge in [0.05, 0.1) is 22.7 Å². The summed E-state index contributed by atoms with van der Waals surface area (Å²) in [7, 11) is 0. The fraction of sp³-hybridized carbons (Fsp3) is 0.238. The van der Waals surface area contributed by atoms with Crippen LogP contribution in [0.2, 0.25) is 0 Å². The van der Waals surface area contributed by atoms with Crippen molar-refractivity contribution >= 4 is 33.6 Å². The molecular weight excluding hydrogens is 438 g/mol. The number of aryl methyl sites for hydroxylation is 1. The Morgan fingerprint density at radius 1 is 1.24 bits per heavy atom. The zero-order valence-electron chi connectivity index (χ0n) is 16.3. The second-order valence-electron chi connectivity index (χ2n) is 6.67. The molecule has 2 aromatic carbocycles. The number of phenolic OH excluding ortho intramolecular Hbond substituents is 1. The van der Waals surface area contributed by atoms with E-state index in [0.29, 0.717) is 33.6 Å². The number of allylic oxidation sites excluding steroid dienone is 1. The lowest BCUT2D eigenvalue weighted by Gasteiger charge is -2.29. The Kier molecular flexibility index (Phi) is 6.12. The number of hydrogen-bond acceptors (Lipinski definition) is 4. The quantitative estimate of drug-likeness (QED) is 0.539. The predicted octanol–water partition coefficient (Wildman–Crippen LogP) is 4.13. The van der Waals surface area contributed by atoms with Crippen LogP contribution in [0.15, 0.2) is 52.1 Å². The molecule has 0 fully saturated rings. The molecule has 0 saturated heterocycles. The molecule has 1 aliphatic rings. The van der Waals surface area contributed by atoms with Gasteiger partial charge in [0, 0.05) is 11.4 Å². The maximum Gasteiger partial charge on any atom is 0.319 e. The predicted molar refractivity (Wildman–Crippen MR) is 114 cm³/mol. The zero-order valence-corrected chi connectivity index (χ0v) is 17.9. The number of nitrogens with one attached hydrogen (secondary N) is 3. The Bertz CT molecular complexity index is 986. The van der Waals surface area contributed by atoms with E-state index in [1.165, 1.54) is 0 Å². The molecule has 0 aliphatic carbocycles. The Morgan fingerprint density at radius 3 is 2.59 bits per heavy atom. The topological polar surface area (TPSA) is 99.7 Å². The van der Waals surface area contributed by atoms with Crippen molar-refractivity contribution in [2.45, 2.75) is 26.8 Å². The highest BCUT2D eigenvalue weighted by atomic mass is 79.9. The first kappa shape index (κ1) is 20.7. The van der Waals surface area contributed by atoms with E-state index in [4.69, 9.17) is 4.74 Å². The second kappa shape index (κ2) is 8.57. The minimum Gasteiger partial charge on any atom is -0.503 e. The minimum atomic E-state index is -0.717. The van der Waals surface area contributed by atoms with E-state index >= 15 is 0 Å². The first-order valence-electron chi connectivity index (χ1n) is 9.11. The Balaban J connectivity index is 2.00. The molecule has 152 valence electrons. The largest absolute Gasteiger partial charge is 0.503 e. The molecule has 2 aromatic rings. The molecule has 1 unspecified atom stereocenters. The molecule has 1 heterocycles. The van der Waals surface area contributed by atoms with Gasteiger partial charge in [-0.25, -0.2) is 4.79 Å². The highest BCUT2D eigenvalue weighted by Crippen LogP contribution is 2.39. The molecule has 29 heavy (non-hydrogen) atoms. The molecular formula is C21H22BrN3O4. The number of amides is 3. The molecule has 8 heteroatoms. The Morgan fingerprint density at radius 2 is 1.93 bits per heavy atom. The Hall–Kier alpha value is -3.00. The van der Waals surface area contributed by atoms with Crippen LogP contribution >= 0.6 is 15.9 Å². The summed E-state index contributed by atoms with van der Waals surface area (Å²) in [6.07, 6.45) is 0. The summed E-state index contributed by atoms with van der Waals surface area (Å²) in [5, 5.41) is 18.5. The molecule has 0 saturated carbocycles. The van der Waals surface area contributed by atoms with Gasteiger partial charge in [-0.2, -0.15) is 0 Å². The number of hydrogen-bond donors (Lipinski definition) is 4. The monoisotopic (exact) mass is 459 g/mol.